The fraction of sp³-hybridized carbons (Fsp3) is 0.804. The van der Waals surface area contributed by atoms with Gasteiger partial charge >= 0.3 is 19.8 Å². The Kier molecular flexibility index (Phi) is 48.9. The van der Waals surface area contributed by atoms with Crippen molar-refractivity contribution in [1.82, 2.24) is 5.32 Å². The van der Waals surface area contributed by atoms with Gasteiger partial charge in [-0.15, -0.1) is 0 Å². The zero-order valence-corrected chi connectivity index (χ0v) is 44.3. The summed E-state index contributed by atoms with van der Waals surface area (Å²) in [7, 11) is -4.77. The molecule has 0 saturated carbocycles. The quantitative estimate of drug-likeness (QED) is 0.0199. The molecule has 4 N–H and O–H groups in total. The molecule has 12 heteroatoms. The van der Waals surface area contributed by atoms with Gasteiger partial charge in [0.1, 0.15) is 12.7 Å². The van der Waals surface area contributed by atoms with E-state index in [2.05, 4.69) is 67.8 Å². The second-order valence-electron chi connectivity index (χ2n) is 18.8. The highest BCUT2D eigenvalue weighted by molar-refractivity contribution is 7.47. The van der Waals surface area contributed by atoms with Crippen LogP contribution in [-0.2, 0) is 32.7 Å². The van der Waals surface area contributed by atoms with Crippen LogP contribution in [0.4, 0.5) is 0 Å². The first-order valence-electron chi connectivity index (χ1n) is 27.7. The van der Waals surface area contributed by atoms with E-state index in [0.29, 0.717) is 12.8 Å². The van der Waals surface area contributed by atoms with Crippen molar-refractivity contribution in [3.8, 4) is 0 Å². The number of allylic oxidation sites excluding steroid dienone is 8. The van der Waals surface area contributed by atoms with Gasteiger partial charge in [-0.2, -0.15) is 0 Å². The summed E-state index contributed by atoms with van der Waals surface area (Å²) in [5, 5.41) is 22.0. The Morgan fingerprint density at radius 2 is 0.809 bits per heavy atom. The van der Waals surface area contributed by atoms with Crippen molar-refractivity contribution in [2.75, 3.05) is 19.8 Å². The van der Waals surface area contributed by atoms with Gasteiger partial charge in [-0.1, -0.05) is 236 Å². The topological polar surface area (TPSA) is 169 Å². The molecule has 3 atom stereocenters. The molecule has 0 rings (SSSR count). The third-order valence-corrected chi connectivity index (χ3v) is 13.1. The van der Waals surface area contributed by atoms with Crippen LogP contribution in [-0.4, -0.2) is 64.9 Å². The molecule has 0 radical (unpaired) electrons. The molecule has 0 aromatic rings. The minimum atomic E-state index is -4.77. The number of aliphatic hydroxyl groups excluding tert-OH is 1. The molecule has 0 aliphatic carbocycles. The van der Waals surface area contributed by atoms with E-state index in [1.807, 2.05) is 0 Å². The van der Waals surface area contributed by atoms with E-state index in [1.165, 1.54) is 148 Å². The third kappa shape index (κ3) is 49.8. The summed E-state index contributed by atoms with van der Waals surface area (Å²) in [4.78, 5) is 46.2. The largest absolute Gasteiger partial charge is 0.480 e. The van der Waals surface area contributed by atoms with Gasteiger partial charge in [0.25, 0.3) is 0 Å². The van der Waals surface area contributed by atoms with E-state index >= 15 is 0 Å². The zero-order chi connectivity index (χ0) is 49.9. The van der Waals surface area contributed by atoms with E-state index < -0.39 is 57.6 Å². The van der Waals surface area contributed by atoms with Crippen molar-refractivity contribution in [2.24, 2.45) is 0 Å². The lowest BCUT2D eigenvalue weighted by Crippen LogP contribution is -2.43. The van der Waals surface area contributed by atoms with Crippen LogP contribution in [0.1, 0.15) is 258 Å². The van der Waals surface area contributed by atoms with Crippen molar-refractivity contribution in [3.05, 3.63) is 48.6 Å². The standard InChI is InChI=1S/C56H102NO10P/c1-3-5-7-9-11-13-15-17-19-21-23-25-26-28-30-32-34-36-38-40-42-44-46-48-55(60)65-49-52(58)50-66-68(63,64)67-51-53(56(61)62)57-54(59)47-45-43-41-39-37-35-33-31-29-27-24-22-20-18-16-14-12-10-8-6-4-2/h12,14,18,20,24,27,31,33,52-53,58H,3-11,13,15-17,19,21-23,25-26,28-30,32,34-51H2,1-2H3,(H,57,59)(H,61,62)(H,63,64)/b14-12-,20-18-,27-24-,33-31-. The first-order chi connectivity index (χ1) is 33.1. The monoisotopic (exact) mass is 980 g/mol. The number of esters is 1. The zero-order valence-electron chi connectivity index (χ0n) is 43.4. The van der Waals surface area contributed by atoms with Gasteiger partial charge < -0.3 is 25.2 Å². The molecule has 0 saturated heterocycles. The van der Waals surface area contributed by atoms with Gasteiger partial charge in [0.15, 0.2) is 6.04 Å². The van der Waals surface area contributed by atoms with Crippen molar-refractivity contribution in [2.45, 2.75) is 270 Å². The maximum absolute atomic E-state index is 12.4. The lowest BCUT2D eigenvalue weighted by Gasteiger charge is -2.18. The molecule has 0 heterocycles. The van der Waals surface area contributed by atoms with Gasteiger partial charge in [0, 0.05) is 12.8 Å². The molecular weight excluding hydrogens is 878 g/mol. The predicted octanol–water partition coefficient (Wildman–Crippen LogP) is 15.7. The number of unbranched alkanes of at least 4 members (excludes halogenated alkanes) is 30. The number of rotatable bonds is 52. The van der Waals surface area contributed by atoms with Crippen LogP contribution in [0, 0.1) is 0 Å². The molecule has 0 aliphatic heterocycles. The highest BCUT2D eigenvalue weighted by atomic mass is 31.2. The predicted molar refractivity (Wildman–Crippen MR) is 282 cm³/mol. The number of phosphoric ester groups is 1. The number of nitrogens with one attached hydrogen (secondary N) is 1. The Hall–Kier alpha value is -2.56. The fourth-order valence-electron chi connectivity index (χ4n) is 7.83. The van der Waals surface area contributed by atoms with Crippen LogP contribution >= 0.6 is 7.82 Å². The Labute approximate surface area is 415 Å². The molecule has 0 aliphatic rings. The Bertz CT molecular complexity index is 1330. The van der Waals surface area contributed by atoms with Gasteiger partial charge in [0.05, 0.1) is 13.2 Å². The van der Waals surface area contributed by atoms with Gasteiger partial charge in [-0.05, 0) is 57.8 Å². The average Bonchev–Trinajstić information content (AvgIpc) is 3.32. The summed E-state index contributed by atoms with van der Waals surface area (Å²) in [6.45, 7) is 2.60. The lowest BCUT2D eigenvalue weighted by atomic mass is 10.0. The highest BCUT2D eigenvalue weighted by Gasteiger charge is 2.28. The number of carbonyl (C=O) groups is 3. The molecule has 1 amide bonds. The number of carboxylic acids is 1. The average molecular weight is 980 g/mol. The van der Waals surface area contributed by atoms with Crippen molar-refractivity contribution in [3.63, 3.8) is 0 Å². The van der Waals surface area contributed by atoms with Crippen LogP contribution in [0.3, 0.4) is 0 Å². The number of carbonyl (C=O) groups excluding carboxylic acids is 2. The Morgan fingerprint density at radius 3 is 1.24 bits per heavy atom. The van der Waals surface area contributed by atoms with Crippen LogP contribution < -0.4 is 5.32 Å². The van der Waals surface area contributed by atoms with E-state index in [1.54, 1.807) is 0 Å². The van der Waals surface area contributed by atoms with Gasteiger partial charge in [-0.25, -0.2) is 9.36 Å². The summed E-state index contributed by atoms with van der Waals surface area (Å²) in [5.74, 6) is -2.39. The summed E-state index contributed by atoms with van der Waals surface area (Å²) in [6.07, 6.45) is 59.9. The first kappa shape index (κ1) is 65.4. The lowest BCUT2D eigenvalue weighted by molar-refractivity contribution is -0.147. The minimum Gasteiger partial charge on any atom is -0.480 e. The van der Waals surface area contributed by atoms with E-state index in [9.17, 15) is 34.1 Å². The number of phosphoric acid groups is 1. The van der Waals surface area contributed by atoms with Crippen LogP contribution in [0.2, 0.25) is 0 Å². The van der Waals surface area contributed by atoms with Crippen LogP contribution in [0.15, 0.2) is 48.6 Å². The molecule has 0 fully saturated rings. The molecule has 68 heavy (non-hydrogen) atoms. The molecule has 3 unspecified atom stereocenters. The minimum absolute atomic E-state index is 0.124. The fourth-order valence-corrected chi connectivity index (χ4v) is 8.60. The molecule has 0 aromatic carbocycles. The molecule has 396 valence electrons. The van der Waals surface area contributed by atoms with Gasteiger partial charge in [0.2, 0.25) is 5.91 Å². The second kappa shape index (κ2) is 50.8. The van der Waals surface area contributed by atoms with E-state index in [-0.39, 0.29) is 12.8 Å². The van der Waals surface area contributed by atoms with Gasteiger partial charge in [-0.3, -0.25) is 18.6 Å². The maximum Gasteiger partial charge on any atom is 0.472 e. The Balaban J connectivity index is 3.81. The number of hydrogen-bond acceptors (Lipinski definition) is 8. The van der Waals surface area contributed by atoms with E-state index in [0.717, 1.165) is 70.6 Å². The summed E-state index contributed by atoms with van der Waals surface area (Å²) in [5.41, 5.74) is 0. The van der Waals surface area contributed by atoms with Crippen LogP contribution in [0.5, 0.6) is 0 Å². The normalized spacial score (nSPS) is 13.8. The number of hydrogen-bond donors (Lipinski definition) is 4. The molecule has 0 bridgehead atoms. The number of carboxylic acid groups (broad SMARTS) is 1. The van der Waals surface area contributed by atoms with E-state index in [4.69, 9.17) is 13.8 Å². The molecule has 0 aromatic heterocycles. The molecule has 0 spiro atoms. The number of aliphatic hydroxyl groups is 1. The molecule has 11 nitrogen and oxygen atoms in total. The van der Waals surface area contributed by atoms with Crippen LogP contribution in [0.25, 0.3) is 0 Å². The summed E-state index contributed by atoms with van der Waals surface area (Å²) >= 11 is 0. The smallest absolute Gasteiger partial charge is 0.472 e. The number of aliphatic carboxylic acids is 1. The molecular formula is C56H102NO10P. The van der Waals surface area contributed by atoms with Crippen molar-refractivity contribution < 1.29 is 47.8 Å². The summed E-state index contributed by atoms with van der Waals surface area (Å²) < 4.78 is 27.0. The Morgan fingerprint density at radius 1 is 0.471 bits per heavy atom. The number of amides is 1. The first-order valence-corrected chi connectivity index (χ1v) is 29.2. The van der Waals surface area contributed by atoms with Crippen molar-refractivity contribution >= 4 is 25.7 Å². The summed E-state index contributed by atoms with van der Waals surface area (Å²) in [6, 6.07) is -1.56. The highest BCUT2D eigenvalue weighted by Crippen LogP contribution is 2.43. The maximum atomic E-state index is 12.4. The van der Waals surface area contributed by atoms with Crippen molar-refractivity contribution in [1.29, 1.82) is 0 Å². The second-order valence-corrected chi connectivity index (χ2v) is 20.2. The third-order valence-electron chi connectivity index (χ3n) is 12.1. The SMILES string of the molecule is CCCCC/C=C\C/C=C\C/C=C\C/C=C\CCCCCCCC(=O)NC(COP(=O)(O)OCC(O)COC(=O)CCCCCCCCCCCCCCCCCCCCCCCCC)C(=O)O. The number of ether oxygens (including phenoxy) is 1.